The van der Waals surface area contributed by atoms with Crippen molar-refractivity contribution >= 4 is 5.96 Å². The molecule has 0 heterocycles. The molecule has 0 radical (unpaired) electrons. The van der Waals surface area contributed by atoms with Gasteiger partial charge in [0, 0.05) is 13.6 Å². The molecule has 1 aromatic rings. The third-order valence-corrected chi connectivity index (χ3v) is 2.57. The van der Waals surface area contributed by atoms with Gasteiger partial charge in [0.25, 0.3) is 0 Å². The Morgan fingerprint density at radius 1 is 1.44 bits per heavy atom. The maximum absolute atomic E-state index is 12.9. The Kier molecular flexibility index (Phi) is 5.72. The predicted molar refractivity (Wildman–Crippen MR) is 73.0 cm³/mol. The van der Waals surface area contributed by atoms with Gasteiger partial charge in [0.05, 0.1) is 6.54 Å². The largest absolute Gasteiger partial charge is 0.356 e. The maximum Gasteiger partial charge on any atom is 0.191 e. The van der Waals surface area contributed by atoms with Gasteiger partial charge in [-0.15, -0.1) is 6.42 Å². The first-order chi connectivity index (χ1) is 8.67. The number of nitrogens with one attached hydrogen (secondary N) is 2. The monoisotopic (exact) mass is 247 g/mol. The molecular weight excluding hydrogens is 229 g/mol. The molecule has 0 spiro atoms. The minimum absolute atomic E-state index is 0.198. The van der Waals surface area contributed by atoms with Crippen molar-refractivity contribution in [3.8, 4) is 12.3 Å². The minimum atomic E-state index is -0.198. The molecule has 0 unspecified atom stereocenters. The average Bonchev–Trinajstić information content (AvgIpc) is 2.36. The summed E-state index contributed by atoms with van der Waals surface area (Å²) in [5.74, 6) is 2.96. The van der Waals surface area contributed by atoms with E-state index in [1.54, 1.807) is 13.1 Å². The average molecular weight is 247 g/mol. The number of guanidine groups is 1. The number of halogens is 1. The highest BCUT2D eigenvalue weighted by atomic mass is 19.1. The van der Waals surface area contributed by atoms with Crippen LogP contribution in [0.15, 0.2) is 23.2 Å². The first kappa shape index (κ1) is 14.0. The number of aryl methyl sites for hydroxylation is 1. The second-order valence-corrected chi connectivity index (χ2v) is 3.88. The summed E-state index contributed by atoms with van der Waals surface area (Å²) in [4.78, 5) is 4.03. The van der Waals surface area contributed by atoms with Crippen molar-refractivity contribution in [2.24, 2.45) is 4.99 Å². The summed E-state index contributed by atoms with van der Waals surface area (Å²) in [6, 6.07) is 4.83. The lowest BCUT2D eigenvalue weighted by atomic mass is 10.1. The van der Waals surface area contributed by atoms with Gasteiger partial charge in [-0.1, -0.05) is 12.0 Å². The van der Waals surface area contributed by atoms with E-state index >= 15 is 0 Å². The standard InChI is InChI=1S/C14H18FN3/c1-4-8-17-14(16-3)18-9-7-12-5-6-13(15)10-11(12)2/h1,5-6,10H,7-9H2,2-3H3,(H2,16,17,18). The fraction of sp³-hybridized carbons (Fsp3) is 0.357. The lowest BCUT2D eigenvalue weighted by Crippen LogP contribution is -2.38. The Labute approximate surface area is 108 Å². The van der Waals surface area contributed by atoms with Crippen LogP contribution in [0.3, 0.4) is 0 Å². The smallest absolute Gasteiger partial charge is 0.191 e. The van der Waals surface area contributed by atoms with Gasteiger partial charge < -0.3 is 10.6 Å². The van der Waals surface area contributed by atoms with Crippen LogP contribution in [0.4, 0.5) is 4.39 Å². The summed E-state index contributed by atoms with van der Waals surface area (Å²) in [6.45, 7) is 3.07. The first-order valence-electron chi connectivity index (χ1n) is 5.80. The van der Waals surface area contributed by atoms with E-state index in [-0.39, 0.29) is 5.82 Å². The van der Waals surface area contributed by atoms with E-state index in [0.717, 1.165) is 24.1 Å². The molecule has 0 aliphatic rings. The summed E-state index contributed by atoms with van der Waals surface area (Å²) in [7, 11) is 1.69. The van der Waals surface area contributed by atoms with Crippen molar-refractivity contribution < 1.29 is 4.39 Å². The van der Waals surface area contributed by atoms with Crippen LogP contribution < -0.4 is 10.6 Å². The highest BCUT2D eigenvalue weighted by Crippen LogP contribution is 2.10. The third-order valence-electron chi connectivity index (χ3n) is 2.57. The van der Waals surface area contributed by atoms with Gasteiger partial charge in [-0.05, 0) is 36.6 Å². The number of benzene rings is 1. The molecule has 0 amide bonds. The van der Waals surface area contributed by atoms with Crippen LogP contribution in [0.5, 0.6) is 0 Å². The van der Waals surface area contributed by atoms with E-state index in [0.29, 0.717) is 12.5 Å². The number of hydrogen-bond donors (Lipinski definition) is 2. The van der Waals surface area contributed by atoms with Crippen molar-refractivity contribution in [3.63, 3.8) is 0 Å². The zero-order valence-electron chi connectivity index (χ0n) is 10.8. The molecule has 0 aliphatic carbocycles. The van der Waals surface area contributed by atoms with Gasteiger partial charge in [-0.25, -0.2) is 4.39 Å². The van der Waals surface area contributed by atoms with Crippen LogP contribution in [-0.2, 0) is 6.42 Å². The van der Waals surface area contributed by atoms with Crippen LogP contribution >= 0.6 is 0 Å². The third kappa shape index (κ3) is 4.46. The second kappa shape index (κ2) is 7.33. The van der Waals surface area contributed by atoms with Gasteiger partial charge in [-0.2, -0.15) is 0 Å². The van der Waals surface area contributed by atoms with Crippen LogP contribution in [0.2, 0.25) is 0 Å². The molecule has 0 fully saturated rings. The summed E-state index contributed by atoms with van der Waals surface area (Å²) in [5, 5.41) is 6.12. The quantitative estimate of drug-likeness (QED) is 0.480. The molecule has 0 bridgehead atoms. The van der Waals surface area contributed by atoms with E-state index in [2.05, 4.69) is 21.5 Å². The Bertz CT molecular complexity index is 461. The number of terminal acetylenes is 1. The van der Waals surface area contributed by atoms with E-state index < -0.39 is 0 Å². The Morgan fingerprint density at radius 2 is 2.22 bits per heavy atom. The van der Waals surface area contributed by atoms with Crippen LogP contribution in [0.25, 0.3) is 0 Å². The van der Waals surface area contributed by atoms with Gasteiger partial charge in [0.2, 0.25) is 0 Å². The maximum atomic E-state index is 12.9. The number of aliphatic imine (C=N–C) groups is 1. The molecule has 1 aromatic carbocycles. The lowest BCUT2D eigenvalue weighted by molar-refractivity contribution is 0.625. The second-order valence-electron chi connectivity index (χ2n) is 3.88. The van der Waals surface area contributed by atoms with Gasteiger partial charge in [0.15, 0.2) is 5.96 Å². The minimum Gasteiger partial charge on any atom is -0.356 e. The molecule has 2 N–H and O–H groups in total. The molecule has 0 atom stereocenters. The molecule has 3 nitrogen and oxygen atoms in total. The topological polar surface area (TPSA) is 36.4 Å². The molecule has 0 aromatic heterocycles. The highest BCUT2D eigenvalue weighted by Gasteiger charge is 2.01. The Hall–Kier alpha value is -2.02. The summed E-state index contributed by atoms with van der Waals surface area (Å²) in [6.07, 6.45) is 5.96. The van der Waals surface area contributed by atoms with E-state index in [9.17, 15) is 4.39 Å². The van der Waals surface area contributed by atoms with E-state index in [4.69, 9.17) is 6.42 Å². The van der Waals surface area contributed by atoms with Crippen LogP contribution in [0, 0.1) is 25.1 Å². The van der Waals surface area contributed by atoms with Crippen LogP contribution in [0.1, 0.15) is 11.1 Å². The zero-order valence-corrected chi connectivity index (χ0v) is 10.8. The molecule has 0 saturated carbocycles. The molecule has 0 aliphatic heterocycles. The van der Waals surface area contributed by atoms with Gasteiger partial charge >= 0.3 is 0 Å². The Balaban J connectivity index is 2.44. The number of nitrogens with zero attached hydrogens (tertiary/aromatic N) is 1. The highest BCUT2D eigenvalue weighted by molar-refractivity contribution is 5.79. The molecular formula is C14H18FN3. The Morgan fingerprint density at radius 3 is 2.83 bits per heavy atom. The molecule has 0 saturated heterocycles. The predicted octanol–water partition coefficient (Wildman–Crippen LogP) is 1.47. The zero-order chi connectivity index (χ0) is 13.4. The molecule has 1 rings (SSSR count). The number of rotatable bonds is 4. The molecule has 4 heteroatoms. The summed E-state index contributed by atoms with van der Waals surface area (Å²) in [5.41, 5.74) is 2.08. The van der Waals surface area contributed by atoms with Crippen molar-refractivity contribution in [1.29, 1.82) is 0 Å². The number of hydrogen-bond acceptors (Lipinski definition) is 1. The van der Waals surface area contributed by atoms with Crippen molar-refractivity contribution in [1.82, 2.24) is 10.6 Å². The first-order valence-corrected chi connectivity index (χ1v) is 5.80. The fourth-order valence-electron chi connectivity index (χ4n) is 1.61. The molecule has 18 heavy (non-hydrogen) atoms. The van der Waals surface area contributed by atoms with Crippen LogP contribution in [-0.4, -0.2) is 26.1 Å². The van der Waals surface area contributed by atoms with Crippen molar-refractivity contribution in [3.05, 3.63) is 35.1 Å². The summed E-state index contributed by atoms with van der Waals surface area (Å²) >= 11 is 0. The van der Waals surface area contributed by atoms with E-state index in [1.807, 2.05) is 13.0 Å². The lowest BCUT2D eigenvalue weighted by Gasteiger charge is -2.11. The van der Waals surface area contributed by atoms with Gasteiger partial charge in [0.1, 0.15) is 5.82 Å². The van der Waals surface area contributed by atoms with Crippen molar-refractivity contribution in [2.45, 2.75) is 13.3 Å². The molecule has 96 valence electrons. The SMILES string of the molecule is C#CCNC(=NC)NCCc1ccc(F)cc1C. The van der Waals surface area contributed by atoms with Crippen molar-refractivity contribution in [2.75, 3.05) is 20.1 Å². The summed E-state index contributed by atoms with van der Waals surface area (Å²) < 4.78 is 12.9. The fourth-order valence-corrected chi connectivity index (χ4v) is 1.61. The van der Waals surface area contributed by atoms with Gasteiger partial charge in [-0.3, -0.25) is 4.99 Å². The normalized spacial score (nSPS) is 10.9. The van der Waals surface area contributed by atoms with E-state index in [1.165, 1.54) is 6.07 Å².